The molecule has 0 spiro atoms. The Hall–Kier alpha value is -1.96. The van der Waals surface area contributed by atoms with Gasteiger partial charge in [0.25, 0.3) is 0 Å². The molecule has 0 bridgehead atoms. The first-order valence-corrected chi connectivity index (χ1v) is 15.5. The second kappa shape index (κ2) is 13.3. The van der Waals surface area contributed by atoms with Gasteiger partial charge in [-0.1, -0.05) is 74.9 Å². The monoisotopic (exact) mass is 568 g/mol. The second-order valence-corrected chi connectivity index (χ2v) is 13.0. The molecule has 0 unspecified atom stereocenters. The van der Waals surface area contributed by atoms with Crippen LogP contribution < -0.4 is 34.5 Å². The molecule has 4 rings (SSSR count). The molecule has 0 amide bonds. The van der Waals surface area contributed by atoms with E-state index < -0.39 is 10.1 Å². The summed E-state index contributed by atoms with van der Waals surface area (Å²) >= 11 is 0. The van der Waals surface area contributed by atoms with E-state index in [1.807, 2.05) is 6.07 Å². The zero-order valence-corrected chi connectivity index (χ0v) is 27.5. The van der Waals surface area contributed by atoms with E-state index in [9.17, 15) is 13.0 Å². The number of hydrogen-bond acceptors (Lipinski definition) is 4. The van der Waals surface area contributed by atoms with Crippen LogP contribution in [0.4, 0.5) is 11.4 Å². The molecule has 0 atom stereocenters. The minimum Gasteiger partial charge on any atom is -0.748 e. The third kappa shape index (κ3) is 6.91. The van der Waals surface area contributed by atoms with E-state index in [4.69, 9.17) is 0 Å². The number of rotatable bonds is 11. The number of fused-ring (bicyclic) bond motifs is 2. The second-order valence-electron chi connectivity index (χ2n) is 11.4. The zero-order valence-electron chi connectivity index (χ0n) is 24.7. The Kier molecular flexibility index (Phi) is 10.9. The van der Waals surface area contributed by atoms with Gasteiger partial charge < -0.3 is 16.4 Å². The summed E-state index contributed by atoms with van der Waals surface area (Å²) in [5.41, 5.74) is 7.21. The molecule has 0 aromatic heterocycles. The summed E-state index contributed by atoms with van der Waals surface area (Å²) in [6, 6.07) is 17.0. The summed E-state index contributed by atoms with van der Waals surface area (Å²) in [5.74, 6) is -0.319. The molecule has 0 N–H and O–H groups in total. The third-order valence-corrected chi connectivity index (χ3v) is 8.78. The van der Waals surface area contributed by atoms with Gasteiger partial charge in [-0.25, -0.2) is 8.42 Å². The molecule has 2 aliphatic rings. The van der Waals surface area contributed by atoms with Crippen LogP contribution in [0.3, 0.4) is 0 Å². The number of hydrogen-bond donors (Lipinski definition) is 0. The van der Waals surface area contributed by atoms with Gasteiger partial charge in [0, 0.05) is 53.2 Å². The van der Waals surface area contributed by atoms with Gasteiger partial charge in [0.2, 0.25) is 5.69 Å². The molecular formula is C33H41N2NaO3S. The SMILES string of the molecule is [CH2-]CCCN1\C(=C/C=C/C=C/C2=[N+](CCCCS(=O)(=O)[O-])c3ccccc3C2(C)C)C(C)(C)c2ccccc21.[Na+]. The van der Waals surface area contributed by atoms with Gasteiger partial charge in [0.05, 0.1) is 15.5 Å². The molecule has 0 aliphatic carbocycles. The fourth-order valence-electron chi connectivity index (χ4n) is 5.94. The number of para-hydroxylation sites is 2. The van der Waals surface area contributed by atoms with Crippen molar-refractivity contribution < 1.29 is 47.1 Å². The van der Waals surface area contributed by atoms with Crippen molar-refractivity contribution in [2.24, 2.45) is 0 Å². The third-order valence-electron chi connectivity index (χ3n) is 7.99. The molecule has 0 fully saturated rings. The quantitative estimate of drug-likeness (QED) is 0.103. The summed E-state index contributed by atoms with van der Waals surface area (Å²) < 4.78 is 35.5. The average molecular weight is 569 g/mol. The molecule has 208 valence electrons. The van der Waals surface area contributed by atoms with Crippen LogP contribution in [0.2, 0.25) is 0 Å². The summed E-state index contributed by atoms with van der Waals surface area (Å²) in [6.45, 7) is 14.7. The van der Waals surface area contributed by atoms with Crippen molar-refractivity contribution in [3.8, 4) is 0 Å². The number of allylic oxidation sites excluding steroid dienone is 6. The molecule has 7 heteroatoms. The van der Waals surface area contributed by atoms with Crippen molar-refractivity contribution in [1.82, 2.24) is 0 Å². The summed E-state index contributed by atoms with van der Waals surface area (Å²) in [4.78, 5) is 2.43. The summed E-state index contributed by atoms with van der Waals surface area (Å²) in [7, 11) is -4.19. The molecule has 0 saturated heterocycles. The number of benzene rings is 2. The molecule has 2 aromatic carbocycles. The zero-order chi connectivity index (χ0) is 28.3. The first kappa shape index (κ1) is 32.6. The van der Waals surface area contributed by atoms with Gasteiger partial charge in [-0.15, -0.1) is 0 Å². The Labute approximate surface area is 263 Å². The van der Waals surface area contributed by atoms with E-state index in [2.05, 4.69) is 117 Å². The van der Waals surface area contributed by atoms with Crippen LogP contribution >= 0.6 is 0 Å². The maximum absolute atomic E-state index is 11.1. The Balaban J connectivity index is 0.00000441. The standard InChI is InChI=1S/C33H42N2O3S.Na/c1-6-7-23-34-28-19-13-11-17-26(28)32(2,3)30(34)21-9-8-10-22-31-33(4,5)27-18-12-14-20-29(27)35(31)24-15-16-25-39(36,37)38;/h8-14,17-22H,1,6-7,15-16,23-25H2,2-5H3,(H,36,37,38);/q;+1/p-1. The van der Waals surface area contributed by atoms with Crippen molar-refractivity contribution in [3.63, 3.8) is 0 Å². The minimum absolute atomic E-state index is 0. The normalized spacial score (nSPS) is 18.6. The predicted molar refractivity (Wildman–Crippen MR) is 161 cm³/mol. The summed E-state index contributed by atoms with van der Waals surface area (Å²) in [6.07, 6.45) is 13.6. The maximum atomic E-state index is 11.1. The van der Waals surface area contributed by atoms with E-state index >= 15 is 0 Å². The Morgan fingerprint density at radius 1 is 0.900 bits per heavy atom. The number of anilines is 1. The smallest absolute Gasteiger partial charge is 0.748 e. The van der Waals surface area contributed by atoms with Gasteiger partial charge in [0.15, 0.2) is 5.71 Å². The minimum atomic E-state index is -4.19. The van der Waals surface area contributed by atoms with Crippen LogP contribution in [0.25, 0.3) is 0 Å². The van der Waals surface area contributed by atoms with Crippen LogP contribution in [0.5, 0.6) is 0 Å². The largest absolute Gasteiger partial charge is 1.00 e. The predicted octanol–water partition coefficient (Wildman–Crippen LogP) is 3.80. The number of unbranched alkanes of at least 4 members (excludes halogenated alkanes) is 2. The first-order valence-electron chi connectivity index (χ1n) is 13.9. The van der Waals surface area contributed by atoms with E-state index in [0.717, 1.165) is 30.8 Å². The van der Waals surface area contributed by atoms with Gasteiger partial charge in [-0.3, -0.25) is 0 Å². The van der Waals surface area contributed by atoms with E-state index in [0.29, 0.717) is 19.4 Å². The Morgan fingerprint density at radius 3 is 2.27 bits per heavy atom. The molecular weight excluding hydrogens is 527 g/mol. The van der Waals surface area contributed by atoms with Gasteiger partial charge in [0.1, 0.15) is 6.54 Å². The fourth-order valence-corrected chi connectivity index (χ4v) is 6.50. The molecule has 2 heterocycles. The van der Waals surface area contributed by atoms with E-state index in [-0.39, 0.29) is 46.1 Å². The molecule has 0 saturated carbocycles. The van der Waals surface area contributed by atoms with Gasteiger partial charge >= 0.3 is 29.6 Å². The van der Waals surface area contributed by atoms with Crippen molar-refractivity contribution in [2.75, 3.05) is 23.7 Å². The molecule has 2 aliphatic heterocycles. The summed E-state index contributed by atoms with van der Waals surface area (Å²) in [5, 5.41) is 0. The van der Waals surface area contributed by atoms with Crippen molar-refractivity contribution in [1.29, 1.82) is 0 Å². The van der Waals surface area contributed by atoms with Crippen LogP contribution in [0.1, 0.15) is 64.5 Å². The van der Waals surface area contributed by atoms with E-state index in [1.54, 1.807) is 0 Å². The van der Waals surface area contributed by atoms with Crippen LogP contribution in [-0.2, 0) is 20.9 Å². The number of nitrogens with zero attached hydrogens (tertiary/aromatic N) is 2. The molecule has 5 nitrogen and oxygen atoms in total. The molecule has 0 radical (unpaired) electrons. The van der Waals surface area contributed by atoms with Crippen LogP contribution in [0, 0.1) is 6.92 Å². The van der Waals surface area contributed by atoms with Crippen molar-refractivity contribution >= 4 is 27.2 Å². The topological polar surface area (TPSA) is 63.5 Å². The fraction of sp³-hybridized carbons (Fsp3) is 0.394. The van der Waals surface area contributed by atoms with Crippen molar-refractivity contribution in [2.45, 2.75) is 64.2 Å². The molecule has 40 heavy (non-hydrogen) atoms. The van der Waals surface area contributed by atoms with E-state index in [1.165, 1.54) is 22.5 Å². The van der Waals surface area contributed by atoms with Gasteiger partial charge in [-0.05, 0) is 38.0 Å². The van der Waals surface area contributed by atoms with Crippen LogP contribution in [0.15, 0.2) is 84.6 Å². The Bertz CT molecular complexity index is 1440. The van der Waals surface area contributed by atoms with Gasteiger partial charge in [-0.2, -0.15) is 11.0 Å². The Morgan fingerprint density at radius 2 is 1.57 bits per heavy atom. The maximum Gasteiger partial charge on any atom is 1.00 e. The van der Waals surface area contributed by atoms with Crippen molar-refractivity contribution in [3.05, 3.63) is 103 Å². The first-order chi connectivity index (χ1) is 18.5. The molecule has 2 aromatic rings. The average Bonchev–Trinajstić information content (AvgIpc) is 3.23. The van der Waals surface area contributed by atoms with Crippen LogP contribution in [-0.4, -0.2) is 42.1 Å².